The molecular formula is C25H31N3O5S. The smallest absolute Gasteiger partial charge is 0.353 e. The van der Waals surface area contributed by atoms with Crippen LogP contribution in [0.5, 0.6) is 0 Å². The van der Waals surface area contributed by atoms with Gasteiger partial charge in [0.25, 0.3) is 0 Å². The van der Waals surface area contributed by atoms with Gasteiger partial charge < -0.3 is 20.0 Å². The van der Waals surface area contributed by atoms with Crippen LogP contribution < -0.4 is 0 Å². The molecule has 0 aromatic heterocycles. The number of fused-ring (bicyclic) bond motifs is 2. The number of aliphatic hydroxyl groups is 1. The van der Waals surface area contributed by atoms with E-state index in [0.717, 1.165) is 5.56 Å². The molecule has 4 aliphatic rings. The topological polar surface area (TPSA) is 101 Å². The van der Waals surface area contributed by atoms with Crippen LogP contribution in [0.25, 0.3) is 0 Å². The standard InChI is InChI=1S/C25H31N3O5S/c1-13-19-18(14(2)29)23(31)28(19)20(24(32)33)21(13)34-16-10-17-22(30)27(25(3,4)26(17)12-16)11-15-8-6-5-7-9-15/h5-9,13-14,16-19,29H,10-12H2,1-4H3,(H,32,33)/t13-,14-,16+,17?,18-,19-/m1/s1. The van der Waals surface area contributed by atoms with Gasteiger partial charge in [-0.3, -0.25) is 14.5 Å². The zero-order chi connectivity index (χ0) is 24.5. The van der Waals surface area contributed by atoms with Crippen LogP contribution in [0.4, 0.5) is 0 Å². The summed E-state index contributed by atoms with van der Waals surface area (Å²) in [6, 6.07) is 9.42. The van der Waals surface area contributed by atoms with E-state index in [1.54, 1.807) is 6.92 Å². The highest BCUT2D eigenvalue weighted by molar-refractivity contribution is 8.03. The average molecular weight is 486 g/mol. The van der Waals surface area contributed by atoms with Crippen molar-refractivity contribution in [3.63, 3.8) is 0 Å². The lowest BCUT2D eigenvalue weighted by Gasteiger charge is -2.46. The Morgan fingerprint density at radius 1 is 1.21 bits per heavy atom. The number of carbonyl (C=O) groups excluding carboxylic acids is 2. The van der Waals surface area contributed by atoms with E-state index in [4.69, 9.17) is 0 Å². The summed E-state index contributed by atoms with van der Waals surface area (Å²) in [6.45, 7) is 8.88. The highest BCUT2D eigenvalue weighted by Gasteiger charge is 2.61. The summed E-state index contributed by atoms with van der Waals surface area (Å²) in [4.78, 5) is 44.3. The molecule has 1 aromatic rings. The molecule has 3 fully saturated rings. The molecule has 0 spiro atoms. The molecule has 34 heavy (non-hydrogen) atoms. The monoisotopic (exact) mass is 485 g/mol. The molecule has 4 heterocycles. The molecule has 5 rings (SSSR count). The second-order valence-electron chi connectivity index (χ2n) is 10.3. The van der Waals surface area contributed by atoms with Gasteiger partial charge in [0.1, 0.15) is 5.70 Å². The second-order valence-corrected chi connectivity index (χ2v) is 11.7. The first-order valence-electron chi connectivity index (χ1n) is 11.8. The first-order valence-corrected chi connectivity index (χ1v) is 12.7. The van der Waals surface area contributed by atoms with Crippen LogP contribution >= 0.6 is 11.8 Å². The maximum absolute atomic E-state index is 13.4. The van der Waals surface area contributed by atoms with Crippen LogP contribution in [-0.4, -0.2) is 78.3 Å². The second kappa shape index (κ2) is 8.10. The van der Waals surface area contributed by atoms with Crippen molar-refractivity contribution in [1.82, 2.24) is 14.7 Å². The van der Waals surface area contributed by atoms with E-state index >= 15 is 0 Å². The summed E-state index contributed by atoms with van der Waals surface area (Å²) >= 11 is 1.50. The van der Waals surface area contributed by atoms with Gasteiger partial charge in [-0.1, -0.05) is 37.3 Å². The van der Waals surface area contributed by atoms with E-state index in [2.05, 4.69) is 18.7 Å². The summed E-state index contributed by atoms with van der Waals surface area (Å²) in [5.74, 6) is -2.06. The minimum atomic E-state index is -1.11. The first kappa shape index (κ1) is 23.4. The van der Waals surface area contributed by atoms with Gasteiger partial charge in [-0.25, -0.2) is 4.79 Å². The fourth-order valence-electron chi connectivity index (χ4n) is 6.22. The minimum Gasteiger partial charge on any atom is -0.477 e. The van der Waals surface area contributed by atoms with E-state index in [1.165, 1.54) is 16.7 Å². The molecule has 0 bridgehead atoms. The first-order chi connectivity index (χ1) is 16.0. The van der Waals surface area contributed by atoms with Gasteiger partial charge in [-0.05, 0) is 32.8 Å². The maximum Gasteiger partial charge on any atom is 0.353 e. The van der Waals surface area contributed by atoms with Crippen molar-refractivity contribution in [2.24, 2.45) is 11.8 Å². The van der Waals surface area contributed by atoms with Crippen LogP contribution in [0, 0.1) is 11.8 Å². The molecule has 0 saturated carbocycles. The van der Waals surface area contributed by atoms with E-state index in [0.29, 0.717) is 24.4 Å². The Morgan fingerprint density at radius 2 is 1.88 bits per heavy atom. The van der Waals surface area contributed by atoms with Crippen molar-refractivity contribution in [1.29, 1.82) is 0 Å². The molecule has 9 heteroatoms. The van der Waals surface area contributed by atoms with Crippen LogP contribution in [0.1, 0.15) is 39.7 Å². The fraction of sp³-hybridized carbons (Fsp3) is 0.560. The number of amides is 2. The maximum atomic E-state index is 13.4. The van der Waals surface area contributed by atoms with Crippen molar-refractivity contribution >= 4 is 29.5 Å². The fourth-order valence-corrected chi connectivity index (χ4v) is 7.75. The van der Waals surface area contributed by atoms with E-state index < -0.39 is 23.7 Å². The van der Waals surface area contributed by atoms with Crippen LogP contribution in [0.2, 0.25) is 0 Å². The number of thioether (sulfide) groups is 1. The van der Waals surface area contributed by atoms with Gasteiger partial charge in [0.05, 0.1) is 29.8 Å². The molecule has 182 valence electrons. The number of rotatable bonds is 6. The third-order valence-corrected chi connectivity index (χ3v) is 9.46. The van der Waals surface area contributed by atoms with Crippen molar-refractivity contribution in [3.05, 3.63) is 46.5 Å². The normalized spacial score (nSPS) is 33.3. The Hall–Kier alpha value is -2.36. The molecule has 0 aliphatic carbocycles. The summed E-state index contributed by atoms with van der Waals surface area (Å²) in [7, 11) is 0. The number of carboxylic acids is 1. The quantitative estimate of drug-likeness (QED) is 0.595. The summed E-state index contributed by atoms with van der Waals surface area (Å²) in [6.07, 6.45) is -0.179. The Labute approximate surface area is 203 Å². The van der Waals surface area contributed by atoms with Crippen LogP contribution in [0.15, 0.2) is 40.9 Å². The number of hydrogen-bond acceptors (Lipinski definition) is 6. The summed E-state index contributed by atoms with van der Waals surface area (Å²) < 4.78 is 0. The largest absolute Gasteiger partial charge is 0.477 e. The number of β-lactam (4-membered cyclic amide) rings is 1. The van der Waals surface area contributed by atoms with Crippen molar-refractivity contribution in [3.8, 4) is 0 Å². The van der Waals surface area contributed by atoms with Gasteiger partial charge in [0.15, 0.2) is 0 Å². The van der Waals surface area contributed by atoms with Crippen LogP contribution in [0.3, 0.4) is 0 Å². The molecular weight excluding hydrogens is 454 g/mol. The predicted molar refractivity (Wildman–Crippen MR) is 127 cm³/mol. The van der Waals surface area contributed by atoms with E-state index in [-0.39, 0.29) is 40.8 Å². The number of aliphatic hydroxyl groups excluding tert-OH is 1. The number of benzene rings is 1. The summed E-state index contributed by atoms with van der Waals surface area (Å²) in [5.41, 5.74) is 0.690. The molecule has 6 atom stereocenters. The molecule has 1 unspecified atom stereocenters. The van der Waals surface area contributed by atoms with Gasteiger partial charge in [0, 0.05) is 29.2 Å². The Bertz CT molecular complexity index is 1070. The number of aliphatic carboxylic acids is 1. The van der Waals surface area contributed by atoms with E-state index in [1.807, 2.05) is 42.2 Å². The molecule has 4 aliphatic heterocycles. The third-order valence-electron chi connectivity index (χ3n) is 7.97. The highest BCUT2D eigenvalue weighted by atomic mass is 32.2. The van der Waals surface area contributed by atoms with Gasteiger partial charge >= 0.3 is 5.97 Å². The minimum absolute atomic E-state index is 0.0488. The zero-order valence-electron chi connectivity index (χ0n) is 19.8. The highest BCUT2D eigenvalue weighted by Crippen LogP contribution is 2.53. The zero-order valence-corrected chi connectivity index (χ0v) is 20.7. The molecule has 8 nitrogen and oxygen atoms in total. The van der Waals surface area contributed by atoms with Crippen molar-refractivity contribution in [2.45, 2.75) is 69.8 Å². The van der Waals surface area contributed by atoms with Crippen molar-refractivity contribution in [2.75, 3.05) is 6.54 Å². The van der Waals surface area contributed by atoms with E-state index in [9.17, 15) is 24.6 Å². The van der Waals surface area contributed by atoms with Crippen LogP contribution in [-0.2, 0) is 20.9 Å². The summed E-state index contributed by atoms with van der Waals surface area (Å²) in [5, 5.41) is 20.0. The Balaban J connectivity index is 1.34. The lowest BCUT2D eigenvalue weighted by molar-refractivity contribution is -0.163. The number of hydrogen-bond donors (Lipinski definition) is 2. The average Bonchev–Trinajstić information content (AvgIpc) is 3.35. The van der Waals surface area contributed by atoms with Gasteiger partial charge in [0.2, 0.25) is 11.8 Å². The lowest BCUT2D eigenvalue weighted by Crippen LogP contribution is -2.63. The number of carboxylic acid groups (broad SMARTS) is 1. The van der Waals surface area contributed by atoms with Gasteiger partial charge in [-0.15, -0.1) is 11.8 Å². The third kappa shape index (κ3) is 3.31. The molecule has 2 amide bonds. The molecule has 3 saturated heterocycles. The van der Waals surface area contributed by atoms with Gasteiger partial charge in [-0.2, -0.15) is 0 Å². The molecule has 1 aromatic carbocycles. The molecule has 0 radical (unpaired) electrons. The number of nitrogens with zero attached hydrogens (tertiary/aromatic N) is 3. The Morgan fingerprint density at radius 3 is 2.47 bits per heavy atom. The predicted octanol–water partition coefficient (Wildman–Crippen LogP) is 2.09. The Kier molecular flexibility index (Phi) is 5.57. The molecule has 2 N–H and O–H groups in total. The lowest BCUT2D eigenvalue weighted by atomic mass is 9.79. The van der Waals surface area contributed by atoms with Crippen molar-refractivity contribution < 1.29 is 24.6 Å². The number of carbonyl (C=O) groups is 3. The SMILES string of the molecule is C[C@@H](O)[C@H]1C(=O)N2C(C(=O)O)=C(S[C@H]3CC4C(=O)N(Cc5ccccc5)C(C)(C)N4C3)[C@H](C)[C@H]12.